The standard InChI is InChI=1S/C12H21N3O2S/c1-18-9-4-3-8(7-9)14-11(16)12(5-2-6-12)10(13)15-17/h8-9,17H,2-7H2,1H3,(H2,13,15)(H,14,16). The summed E-state index contributed by atoms with van der Waals surface area (Å²) >= 11 is 1.86. The van der Waals surface area contributed by atoms with Crippen molar-refractivity contribution >= 4 is 23.5 Å². The number of nitrogens with zero attached hydrogens (tertiary/aromatic N) is 1. The van der Waals surface area contributed by atoms with Crippen LogP contribution >= 0.6 is 11.8 Å². The predicted octanol–water partition coefficient (Wildman–Crippen LogP) is 1.30. The quantitative estimate of drug-likeness (QED) is 0.311. The topological polar surface area (TPSA) is 87.7 Å². The average molecular weight is 271 g/mol. The molecule has 2 atom stereocenters. The largest absolute Gasteiger partial charge is 0.409 e. The fourth-order valence-corrected chi connectivity index (χ4v) is 3.63. The van der Waals surface area contributed by atoms with E-state index in [1.54, 1.807) is 0 Å². The highest BCUT2D eigenvalue weighted by atomic mass is 32.2. The van der Waals surface area contributed by atoms with Gasteiger partial charge in [0.2, 0.25) is 5.91 Å². The second-order valence-electron chi connectivity index (χ2n) is 5.26. The third-order valence-corrected chi connectivity index (χ3v) is 5.39. The van der Waals surface area contributed by atoms with Gasteiger partial charge in [-0.3, -0.25) is 4.79 Å². The molecule has 2 rings (SSSR count). The van der Waals surface area contributed by atoms with Gasteiger partial charge >= 0.3 is 0 Å². The van der Waals surface area contributed by atoms with Gasteiger partial charge in [0.1, 0.15) is 5.41 Å². The van der Waals surface area contributed by atoms with Crippen LogP contribution in [-0.4, -0.2) is 34.5 Å². The van der Waals surface area contributed by atoms with Gasteiger partial charge in [-0.15, -0.1) is 0 Å². The fraction of sp³-hybridized carbons (Fsp3) is 0.833. The number of thioether (sulfide) groups is 1. The summed E-state index contributed by atoms with van der Waals surface area (Å²) in [5, 5.41) is 15.6. The molecule has 0 aliphatic heterocycles. The lowest BCUT2D eigenvalue weighted by Gasteiger charge is -2.39. The van der Waals surface area contributed by atoms with E-state index >= 15 is 0 Å². The Hall–Kier alpha value is -0.910. The van der Waals surface area contributed by atoms with Crippen LogP contribution in [0.2, 0.25) is 0 Å². The van der Waals surface area contributed by atoms with Crippen LogP contribution in [0.5, 0.6) is 0 Å². The van der Waals surface area contributed by atoms with Gasteiger partial charge in [0.15, 0.2) is 5.84 Å². The van der Waals surface area contributed by atoms with Crippen molar-refractivity contribution in [1.29, 1.82) is 0 Å². The fourth-order valence-electron chi connectivity index (χ4n) is 2.83. The molecule has 2 fully saturated rings. The maximum atomic E-state index is 12.3. The van der Waals surface area contributed by atoms with Crippen molar-refractivity contribution < 1.29 is 10.0 Å². The zero-order valence-corrected chi connectivity index (χ0v) is 11.5. The zero-order valence-electron chi connectivity index (χ0n) is 10.7. The molecule has 0 bridgehead atoms. The number of nitrogens with two attached hydrogens (primary N) is 1. The summed E-state index contributed by atoms with van der Waals surface area (Å²) in [6, 6.07) is 0.249. The number of amidine groups is 1. The Morgan fingerprint density at radius 1 is 1.50 bits per heavy atom. The molecule has 0 radical (unpaired) electrons. The van der Waals surface area contributed by atoms with Crippen molar-refractivity contribution in [2.45, 2.75) is 49.8 Å². The van der Waals surface area contributed by atoms with E-state index in [1.807, 2.05) is 11.8 Å². The molecule has 2 unspecified atom stereocenters. The van der Waals surface area contributed by atoms with Crippen LogP contribution in [0.25, 0.3) is 0 Å². The Bertz CT molecular complexity index is 355. The lowest BCUT2D eigenvalue weighted by molar-refractivity contribution is -0.131. The van der Waals surface area contributed by atoms with Gasteiger partial charge in [-0.2, -0.15) is 11.8 Å². The summed E-state index contributed by atoms with van der Waals surface area (Å²) in [6.45, 7) is 0. The smallest absolute Gasteiger partial charge is 0.234 e. The monoisotopic (exact) mass is 271 g/mol. The molecule has 0 spiro atoms. The number of carbonyl (C=O) groups is 1. The van der Waals surface area contributed by atoms with E-state index in [2.05, 4.69) is 16.7 Å². The van der Waals surface area contributed by atoms with Crippen molar-refractivity contribution in [2.24, 2.45) is 16.3 Å². The Kier molecular flexibility index (Phi) is 4.04. The first-order valence-corrected chi connectivity index (χ1v) is 7.73. The molecule has 0 aromatic heterocycles. The van der Waals surface area contributed by atoms with Gasteiger partial charge in [0, 0.05) is 11.3 Å². The molecular formula is C12H21N3O2S. The van der Waals surface area contributed by atoms with Crippen LogP contribution in [-0.2, 0) is 4.79 Å². The minimum atomic E-state index is -0.744. The van der Waals surface area contributed by atoms with Gasteiger partial charge < -0.3 is 16.3 Å². The molecule has 2 aliphatic carbocycles. The number of carbonyl (C=O) groups excluding carboxylic acids is 1. The van der Waals surface area contributed by atoms with Crippen LogP contribution in [0.1, 0.15) is 38.5 Å². The van der Waals surface area contributed by atoms with Crippen molar-refractivity contribution in [3.63, 3.8) is 0 Å². The highest BCUT2D eigenvalue weighted by Gasteiger charge is 2.49. The summed E-state index contributed by atoms with van der Waals surface area (Å²) in [5.74, 6) is 0.00136. The highest BCUT2D eigenvalue weighted by molar-refractivity contribution is 7.99. The number of hydrogen-bond donors (Lipinski definition) is 3. The van der Waals surface area contributed by atoms with Gasteiger partial charge in [-0.05, 0) is 38.4 Å². The number of rotatable bonds is 4. The zero-order chi connectivity index (χ0) is 13.2. The molecule has 0 aromatic rings. The maximum Gasteiger partial charge on any atom is 0.234 e. The van der Waals surface area contributed by atoms with Gasteiger partial charge in [-0.1, -0.05) is 11.6 Å². The van der Waals surface area contributed by atoms with Crippen LogP contribution in [0, 0.1) is 5.41 Å². The first kappa shape index (κ1) is 13.5. The molecule has 5 nitrogen and oxygen atoms in total. The number of oxime groups is 1. The van der Waals surface area contributed by atoms with E-state index in [-0.39, 0.29) is 17.8 Å². The van der Waals surface area contributed by atoms with Crippen molar-refractivity contribution in [2.75, 3.05) is 6.26 Å². The molecular weight excluding hydrogens is 250 g/mol. The van der Waals surface area contributed by atoms with Crippen LogP contribution in [0.3, 0.4) is 0 Å². The van der Waals surface area contributed by atoms with E-state index in [1.165, 1.54) is 0 Å². The van der Waals surface area contributed by atoms with Crippen LogP contribution in [0.4, 0.5) is 0 Å². The molecule has 2 saturated carbocycles. The van der Waals surface area contributed by atoms with Gasteiger partial charge in [0.05, 0.1) is 0 Å². The third kappa shape index (κ3) is 2.30. The lowest BCUT2D eigenvalue weighted by Crippen LogP contribution is -2.55. The van der Waals surface area contributed by atoms with Crippen molar-refractivity contribution in [3.8, 4) is 0 Å². The second kappa shape index (κ2) is 5.38. The summed E-state index contributed by atoms with van der Waals surface area (Å²) in [4.78, 5) is 12.3. The molecule has 0 saturated heterocycles. The van der Waals surface area contributed by atoms with Crippen molar-refractivity contribution in [3.05, 3.63) is 0 Å². The van der Waals surface area contributed by atoms with Gasteiger partial charge in [-0.25, -0.2) is 0 Å². The normalized spacial score (nSPS) is 30.8. The lowest BCUT2D eigenvalue weighted by atomic mass is 9.67. The Morgan fingerprint density at radius 2 is 2.22 bits per heavy atom. The Labute approximate surface area is 112 Å². The van der Waals surface area contributed by atoms with Crippen LogP contribution in [0.15, 0.2) is 5.16 Å². The van der Waals surface area contributed by atoms with E-state index in [9.17, 15) is 4.79 Å². The molecule has 0 heterocycles. The summed E-state index contributed by atoms with van der Waals surface area (Å²) in [6.07, 6.45) is 7.66. The minimum absolute atomic E-state index is 0.0594. The van der Waals surface area contributed by atoms with E-state index in [0.717, 1.165) is 25.7 Å². The molecule has 4 N–H and O–H groups in total. The summed E-state index contributed by atoms with van der Waals surface area (Å²) < 4.78 is 0. The molecule has 1 amide bonds. The number of nitrogens with one attached hydrogen (secondary N) is 1. The molecule has 102 valence electrons. The highest BCUT2D eigenvalue weighted by Crippen LogP contribution is 2.42. The first-order chi connectivity index (χ1) is 8.62. The first-order valence-electron chi connectivity index (χ1n) is 6.44. The second-order valence-corrected chi connectivity index (χ2v) is 6.40. The number of hydrogen-bond acceptors (Lipinski definition) is 4. The maximum absolute atomic E-state index is 12.3. The van der Waals surface area contributed by atoms with Gasteiger partial charge in [0.25, 0.3) is 0 Å². The average Bonchev–Trinajstić information content (AvgIpc) is 2.75. The SMILES string of the molecule is CSC1CCC(NC(=O)C2(C(N)=NO)CCC2)C1. The number of amides is 1. The predicted molar refractivity (Wildman–Crippen MR) is 72.8 cm³/mol. The minimum Gasteiger partial charge on any atom is -0.409 e. The van der Waals surface area contributed by atoms with Crippen molar-refractivity contribution in [1.82, 2.24) is 5.32 Å². The van der Waals surface area contributed by atoms with E-state index < -0.39 is 5.41 Å². The summed E-state index contributed by atoms with van der Waals surface area (Å²) in [5.41, 5.74) is 4.93. The Balaban J connectivity index is 1.95. The molecule has 6 heteroatoms. The molecule has 0 aromatic carbocycles. The summed E-state index contributed by atoms with van der Waals surface area (Å²) in [7, 11) is 0. The van der Waals surface area contributed by atoms with E-state index in [4.69, 9.17) is 10.9 Å². The van der Waals surface area contributed by atoms with Crippen LogP contribution < -0.4 is 11.1 Å². The third-order valence-electron chi connectivity index (χ3n) is 4.29. The molecule has 18 heavy (non-hydrogen) atoms. The van der Waals surface area contributed by atoms with E-state index in [0.29, 0.717) is 18.1 Å². The molecule has 2 aliphatic rings. The Morgan fingerprint density at radius 3 is 2.67 bits per heavy atom.